The van der Waals surface area contributed by atoms with Gasteiger partial charge in [0.15, 0.2) is 6.10 Å². The minimum absolute atomic E-state index is 0.160. The van der Waals surface area contributed by atoms with E-state index in [1.54, 1.807) is 0 Å². The van der Waals surface area contributed by atoms with Crippen LogP contribution in [0.2, 0.25) is 0 Å². The number of carbonyl (C=O) groups is 1. The number of hydrogen-bond acceptors (Lipinski definition) is 8. The average Bonchev–Trinajstić information content (AvgIpc) is 3.44. The third-order valence-electron chi connectivity index (χ3n) is 11.2. The molecule has 1 aliphatic heterocycles. The third kappa shape index (κ3) is 4.89. The first-order valence-corrected chi connectivity index (χ1v) is 15.8. The maximum atomic E-state index is 11.8. The predicted octanol–water partition coefficient (Wildman–Crippen LogP) is 4.37. The van der Waals surface area contributed by atoms with Crippen LogP contribution in [0.3, 0.4) is 0 Å². The van der Waals surface area contributed by atoms with E-state index in [1.165, 1.54) is 18.9 Å². The molecule has 4 fully saturated rings. The number of aliphatic hydroxyl groups excluding tert-OH is 1. The highest BCUT2D eigenvalue weighted by molar-refractivity contribution is 7.80. The van der Waals surface area contributed by atoms with Crippen LogP contribution in [0.25, 0.3) is 0 Å². The Bertz CT molecular complexity index is 1070. The number of fused-ring (bicyclic) bond motifs is 5. The van der Waals surface area contributed by atoms with E-state index in [2.05, 4.69) is 40.7 Å². The summed E-state index contributed by atoms with van der Waals surface area (Å²) in [5.74, 6) is 1.35. The maximum Gasteiger partial charge on any atom is 0.303 e. The summed E-state index contributed by atoms with van der Waals surface area (Å²) in [5, 5.41) is 11.1. The number of rotatable bonds is 7. The molecule has 0 amide bonds. The minimum atomic E-state index is -5.06. The Morgan fingerprint density at radius 1 is 1.16 bits per heavy atom. The molecule has 1 heterocycles. The van der Waals surface area contributed by atoms with Gasteiger partial charge in [0.1, 0.15) is 6.10 Å². The SMILES string of the molecule is CC(=O)O[C@@H]1[C@@H](OS(=O)(=O)[O-])[C@@H]2CC=C3[C@@H]4CC[C@H]([C@H](C)[C@@H]5O[C@H]5CC(C)C)[C@@]4(C)CC[C@@H]3[C@@]2(C)C[C@H]1O. The van der Waals surface area contributed by atoms with E-state index in [1.807, 2.05) is 0 Å². The van der Waals surface area contributed by atoms with Crippen molar-refractivity contribution in [2.75, 3.05) is 0 Å². The molecule has 9 heteroatoms. The van der Waals surface area contributed by atoms with E-state index in [0.717, 1.165) is 25.7 Å². The molecule has 0 aromatic rings. The van der Waals surface area contributed by atoms with Gasteiger partial charge in [-0.1, -0.05) is 46.3 Å². The monoisotopic (exact) mass is 553 g/mol. The molecule has 0 unspecified atom stereocenters. The molecule has 4 aliphatic carbocycles. The Balaban J connectivity index is 1.41. The van der Waals surface area contributed by atoms with E-state index in [4.69, 9.17) is 13.7 Å². The van der Waals surface area contributed by atoms with E-state index in [-0.39, 0.29) is 17.3 Å². The molecule has 0 aromatic heterocycles. The summed E-state index contributed by atoms with van der Waals surface area (Å²) >= 11 is 0. The molecule has 38 heavy (non-hydrogen) atoms. The minimum Gasteiger partial charge on any atom is -0.726 e. The molecule has 8 nitrogen and oxygen atoms in total. The van der Waals surface area contributed by atoms with Crippen LogP contribution in [0.15, 0.2) is 11.6 Å². The molecule has 12 atom stereocenters. The second kappa shape index (κ2) is 9.82. The van der Waals surface area contributed by atoms with Crippen molar-refractivity contribution in [2.24, 2.45) is 46.3 Å². The number of esters is 1. The zero-order valence-electron chi connectivity index (χ0n) is 23.6. The highest BCUT2D eigenvalue weighted by atomic mass is 32.3. The number of allylic oxidation sites excluding steroid dienone is 2. The number of hydrogen-bond donors (Lipinski definition) is 1. The van der Waals surface area contributed by atoms with Gasteiger partial charge in [0, 0.05) is 6.92 Å². The van der Waals surface area contributed by atoms with Gasteiger partial charge in [0.25, 0.3) is 0 Å². The number of epoxide rings is 1. The second-order valence-electron chi connectivity index (χ2n) is 13.8. The van der Waals surface area contributed by atoms with Crippen molar-refractivity contribution in [2.45, 2.75) is 117 Å². The molecule has 3 saturated carbocycles. The number of aliphatic hydroxyl groups is 1. The smallest absolute Gasteiger partial charge is 0.303 e. The zero-order valence-corrected chi connectivity index (χ0v) is 24.4. The van der Waals surface area contributed by atoms with Gasteiger partial charge in [0.2, 0.25) is 10.4 Å². The topological polar surface area (TPSA) is 125 Å². The van der Waals surface area contributed by atoms with E-state index < -0.39 is 40.1 Å². The Kier molecular flexibility index (Phi) is 7.37. The molecule has 0 spiro atoms. The van der Waals surface area contributed by atoms with Gasteiger partial charge in [-0.05, 0) is 91.3 Å². The fraction of sp³-hybridized carbons (Fsp3) is 0.897. The lowest BCUT2D eigenvalue weighted by Crippen LogP contribution is -2.61. The highest BCUT2D eigenvalue weighted by Crippen LogP contribution is 2.67. The molecule has 5 aliphatic rings. The molecule has 5 rings (SSSR count). The van der Waals surface area contributed by atoms with Gasteiger partial charge in [-0.25, -0.2) is 8.42 Å². The number of carbonyl (C=O) groups excluding carboxylic acids is 1. The first kappa shape index (κ1) is 28.5. The lowest BCUT2D eigenvalue weighted by molar-refractivity contribution is -0.193. The first-order chi connectivity index (χ1) is 17.7. The van der Waals surface area contributed by atoms with Crippen LogP contribution in [0.1, 0.15) is 86.5 Å². The standard InChI is InChI=1S/C29H46O8S/c1-15(2)13-24-25(36-24)16(3)19-9-10-20-18-7-8-22-26(37-38(32,33)34)27(35-17(4)30)23(31)14-29(22,6)21(18)11-12-28(19,20)5/h7,15-16,19-27,31H,8-14H2,1-6H3,(H,32,33,34)/p-1/t16-,19+,20-,21-,22-,23+,24-,25-,26-,27-,28+,29+/m0/s1. The summed E-state index contributed by atoms with van der Waals surface area (Å²) in [6, 6.07) is 0. The van der Waals surface area contributed by atoms with Crippen LogP contribution in [-0.4, -0.2) is 54.6 Å². The molecule has 1 saturated heterocycles. The Hall–Kier alpha value is -1.00. The van der Waals surface area contributed by atoms with Crippen LogP contribution in [0, 0.1) is 46.3 Å². The van der Waals surface area contributed by atoms with Crippen molar-refractivity contribution in [3.63, 3.8) is 0 Å². The van der Waals surface area contributed by atoms with Gasteiger partial charge >= 0.3 is 5.97 Å². The molecule has 0 bridgehead atoms. The zero-order chi connectivity index (χ0) is 27.8. The molecular weight excluding hydrogens is 508 g/mol. The normalized spacial score (nSPS) is 47.0. The first-order valence-electron chi connectivity index (χ1n) is 14.5. The largest absolute Gasteiger partial charge is 0.726 e. The molecular formula is C29H45O8S-. The van der Waals surface area contributed by atoms with Crippen LogP contribution < -0.4 is 0 Å². The summed E-state index contributed by atoms with van der Waals surface area (Å²) in [5.41, 5.74) is 1.15. The summed E-state index contributed by atoms with van der Waals surface area (Å²) in [4.78, 5) is 11.8. The van der Waals surface area contributed by atoms with Crippen molar-refractivity contribution < 1.29 is 36.5 Å². The number of ether oxygens (including phenoxy) is 2. The summed E-state index contributed by atoms with van der Waals surface area (Å²) in [6.07, 6.45) is 5.83. The van der Waals surface area contributed by atoms with Gasteiger partial charge in [-0.15, -0.1) is 0 Å². The van der Waals surface area contributed by atoms with Crippen molar-refractivity contribution in [1.82, 2.24) is 0 Å². The predicted molar refractivity (Wildman–Crippen MR) is 139 cm³/mol. The Morgan fingerprint density at radius 2 is 1.84 bits per heavy atom. The van der Waals surface area contributed by atoms with Crippen LogP contribution in [0.4, 0.5) is 0 Å². The van der Waals surface area contributed by atoms with E-state index >= 15 is 0 Å². The lowest BCUT2D eigenvalue weighted by atomic mass is 9.47. The van der Waals surface area contributed by atoms with Crippen LogP contribution in [0.5, 0.6) is 0 Å². The Morgan fingerprint density at radius 3 is 2.47 bits per heavy atom. The maximum absolute atomic E-state index is 11.8. The van der Waals surface area contributed by atoms with Gasteiger partial charge in [0.05, 0.1) is 18.3 Å². The van der Waals surface area contributed by atoms with Crippen LogP contribution >= 0.6 is 0 Å². The summed E-state index contributed by atoms with van der Waals surface area (Å²) < 4.78 is 51.6. The van der Waals surface area contributed by atoms with E-state index in [9.17, 15) is 22.9 Å². The van der Waals surface area contributed by atoms with Crippen molar-refractivity contribution in [3.8, 4) is 0 Å². The van der Waals surface area contributed by atoms with E-state index in [0.29, 0.717) is 48.7 Å². The summed E-state index contributed by atoms with van der Waals surface area (Å²) in [6.45, 7) is 12.6. The molecule has 0 radical (unpaired) electrons. The van der Waals surface area contributed by atoms with Gasteiger partial charge in [-0.3, -0.25) is 8.98 Å². The molecule has 0 aromatic carbocycles. The summed E-state index contributed by atoms with van der Waals surface area (Å²) in [7, 11) is -5.06. The van der Waals surface area contributed by atoms with Crippen molar-refractivity contribution >= 4 is 16.4 Å². The van der Waals surface area contributed by atoms with Crippen LogP contribution in [-0.2, 0) is 28.9 Å². The van der Waals surface area contributed by atoms with Gasteiger partial charge in [-0.2, -0.15) is 0 Å². The fourth-order valence-corrected chi connectivity index (χ4v) is 10.1. The van der Waals surface area contributed by atoms with Crippen molar-refractivity contribution in [3.05, 3.63) is 11.6 Å². The quantitative estimate of drug-likeness (QED) is 0.162. The third-order valence-corrected chi connectivity index (χ3v) is 11.7. The molecule has 1 N–H and O–H groups in total. The van der Waals surface area contributed by atoms with Gasteiger partial charge < -0.3 is 19.1 Å². The lowest BCUT2D eigenvalue weighted by Gasteiger charge is -2.60. The molecule has 216 valence electrons. The Labute approximate surface area is 227 Å². The second-order valence-corrected chi connectivity index (χ2v) is 14.8. The van der Waals surface area contributed by atoms with Crippen molar-refractivity contribution in [1.29, 1.82) is 0 Å². The highest BCUT2D eigenvalue weighted by Gasteiger charge is 2.63. The fourth-order valence-electron chi connectivity index (χ4n) is 9.60. The average molecular weight is 554 g/mol.